The summed E-state index contributed by atoms with van der Waals surface area (Å²) in [4.78, 5) is 10.3. The Morgan fingerprint density at radius 1 is 0.667 bits per heavy atom. The van der Waals surface area contributed by atoms with E-state index < -0.39 is 5.97 Å². The van der Waals surface area contributed by atoms with Crippen LogP contribution in [0, 0.1) is 0 Å². The van der Waals surface area contributed by atoms with Gasteiger partial charge in [0.1, 0.15) is 0 Å². The number of hydrogen-bond acceptors (Lipinski definition) is 1. The molecule has 0 aliphatic rings. The topological polar surface area (TPSA) is 37.3 Å². The van der Waals surface area contributed by atoms with Crippen molar-refractivity contribution in [2.75, 3.05) is 0 Å². The molecular formula is C16H32O2. The molecule has 0 aliphatic heterocycles. The van der Waals surface area contributed by atoms with E-state index in [0.717, 1.165) is 12.8 Å². The van der Waals surface area contributed by atoms with E-state index in [1.54, 1.807) is 0 Å². The normalized spacial score (nSPS) is 10.7. The summed E-state index contributed by atoms with van der Waals surface area (Å²) in [6.45, 7) is 2.26. The van der Waals surface area contributed by atoms with Gasteiger partial charge in [-0.2, -0.15) is 0 Å². The molecule has 2 nitrogen and oxygen atoms in total. The van der Waals surface area contributed by atoms with Gasteiger partial charge in [0.05, 0.1) is 0 Å². The van der Waals surface area contributed by atoms with Crippen LogP contribution in [0.4, 0.5) is 0 Å². The minimum absolute atomic E-state index is 0.345. The zero-order chi connectivity index (χ0) is 13.5. The molecule has 0 saturated heterocycles. The van der Waals surface area contributed by atoms with Gasteiger partial charge in [0.25, 0.3) is 0 Å². The Morgan fingerprint density at radius 2 is 1.00 bits per heavy atom. The van der Waals surface area contributed by atoms with Crippen LogP contribution in [0.1, 0.15) is 96.8 Å². The fraction of sp³-hybridized carbons (Fsp3) is 0.938. The van der Waals surface area contributed by atoms with Crippen LogP contribution in [-0.2, 0) is 4.79 Å². The first-order valence-electron chi connectivity index (χ1n) is 7.99. The first-order valence-corrected chi connectivity index (χ1v) is 7.99. The average molecular weight is 255 g/mol. The maximum Gasteiger partial charge on any atom is 0.303 e. The van der Waals surface area contributed by atoms with Gasteiger partial charge >= 0.3 is 5.97 Å². The molecule has 0 aromatic carbocycles. The maximum atomic E-state index is 10.3. The van der Waals surface area contributed by atoms with Crippen molar-refractivity contribution < 1.29 is 9.90 Å². The van der Waals surface area contributed by atoms with Crippen molar-refractivity contribution in [3.05, 3.63) is 0 Å². The lowest BCUT2D eigenvalue weighted by Gasteiger charge is -2.02. The predicted molar refractivity (Wildman–Crippen MR) is 77.9 cm³/mol. The quantitative estimate of drug-likeness (QED) is 0.413. The highest BCUT2D eigenvalue weighted by Crippen LogP contribution is 2.12. The van der Waals surface area contributed by atoms with E-state index in [0.29, 0.717) is 6.42 Å². The summed E-state index contributed by atoms with van der Waals surface area (Å²) in [6, 6.07) is 0. The fourth-order valence-electron chi connectivity index (χ4n) is 2.29. The Labute approximate surface area is 113 Å². The Hall–Kier alpha value is -0.530. The third-order valence-corrected chi connectivity index (χ3v) is 3.49. The molecule has 0 spiro atoms. The maximum absolute atomic E-state index is 10.3. The van der Waals surface area contributed by atoms with Crippen LogP contribution >= 0.6 is 0 Å². The highest BCUT2D eigenvalue weighted by atomic mass is 16.3. The van der Waals surface area contributed by atoms with Gasteiger partial charge in [-0.15, -0.1) is 0 Å². The first kappa shape index (κ1) is 17.5. The summed E-state index contributed by atoms with van der Waals surface area (Å²) in [5.41, 5.74) is 0. The van der Waals surface area contributed by atoms with E-state index in [4.69, 9.17) is 5.11 Å². The van der Waals surface area contributed by atoms with Crippen LogP contribution in [0.5, 0.6) is 0 Å². The van der Waals surface area contributed by atoms with Crippen molar-refractivity contribution in [1.82, 2.24) is 0 Å². The van der Waals surface area contributed by atoms with Crippen LogP contribution in [0.3, 0.4) is 0 Å². The number of carboxylic acids is 1. The molecule has 0 fully saturated rings. The molecule has 2 heteroatoms. The Kier molecular flexibility index (Phi) is 14.1. The van der Waals surface area contributed by atoms with Crippen molar-refractivity contribution in [3.8, 4) is 0 Å². The smallest absolute Gasteiger partial charge is 0.303 e. The minimum atomic E-state index is -0.655. The molecule has 0 aromatic heterocycles. The minimum Gasteiger partial charge on any atom is -0.481 e. The van der Waals surface area contributed by atoms with Crippen LogP contribution in [0.15, 0.2) is 0 Å². The summed E-state index contributed by atoms with van der Waals surface area (Å²) >= 11 is 0. The molecule has 0 rings (SSSR count). The monoisotopic (exact) mass is 255 g/mol. The van der Waals surface area contributed by atoms with Crippen LogP contribution in [0.25, 0.3) is 0 Å². The zero-order valence-electron chi connectivity index (χ0n) is 12.3. The van der Waals surface area contributed by atoms with Gasteiger partial charge in [-0.05, 0) is 6.42 Å². The van der Waals surface area contributed by atoms with Gasteiger partial charge in [0, 0.05) is 6.42 Å². The van der Waals surface area contributed by atoms with E-state index in [1.165, 1.54) is 70.6 Å². The van der Waals surface area contributed by atoms with E-state index in [-0.39, 0.29) is 0 Å². The van der Waals surface area contributed by atoms with Gasteiger partial charge in [-0.3, -0.25) is 4.79 Å². The summed E-state index contributed by atoms with van der Waals surface area (Å²) in [5, 5.41) is 8.49. The molecule has 18 heavy (non-hydrogen) atoms. The second-order valence-electron chi connectivity index (χ2n) is 5.39. The Morgan fingerprint density at radius 3 is 1.33 bits per heavy atom. The lowest BCUT2D eigenvalue weighted by Crippen LogP contribution is -1.93. The highest BCUT2D eigenvalue weighted by Gasteiger charge is 1.96. The summed E-state index contributed by atoms with van der Waals surface area (Å²) in [6.07, 6.45) is 17.3. The molecule has 0 bridgehead atoms. The van der Waals surface area contributed by atoms with Crippen molar-refractivity contribution in [3.63, 3.8) is 0 Å². The lowest BCUT2D eigenvalue weighted by atomic mass is 9.96. The number of carbonyl (C=O) groups is 1. The summed E-state index contributed by atoms with van der Waals surface area (Å²) in [7, 11) is 0. The van der Waals surface area contributed by atoms with E-state index in [2.05, 4.69) is 6.92 Å². The second-order valence-corrected chi connectivity index (χ2v) is 5.39. The number of rotatable bonds is 14. The molecule has 0 unspecified atom stereocenters. The molecule has 0 radical (unpaired) electrons. The van der Waals surface area contributed by atoms with Gasteiger partial charge < -0.3 is 5.11 Å². The molecule has 0 heterocycles. The zero-order valence-corrected chi connectivity index (χ0v) is 12.3. The van der Waals surface area contributed by atoms with Gasteiger partial charge in [0.15, 0.2) is 0 Å². The number of unbranched alkanes of at least 4 members (excludes halogenated alkanes) is 12. The van der Waals surface area contributed by atoms with E-state index in [9.17, 15) is 4.79 Å². The van der Waals surface area contributed by atoms with E-state index >= 15 is 0 Å². The molecule has 0 amide bonds. The first-order chi connectivity index (χ1) is 8.77. The number of aliphatic carboxylic acids is 1. The molecule has 0 aliphatic carbocycles. The summed E-state index contributed by atoms with van der Waals surface area (Å²) in [5.74, 6) is -0.655. The van der Waals surface area contributed by atoms with Crippen molar-refractivity contribution >= 4 is 5.97 Å². The van der Waals surface area contributed by atoms with Gasteiger partial charge in [-0.25, -0.2) is 0 Å². The predicted octanol–water partition coefficient (Wildman–Crippen LogP) is 5.55. The Balaban J connectivity index is 2.92. The number of carboxylic acid groups (broad SMARTS) is 1. The van der Waals surface area contributed by atoms with E-state index in [1.807, 2.05) is 0 Å². The fourth-order valence-corrected chi connectivity index (χ4v) is 2.29. The highest BCUT2D eigenvalue weighted by molar-refractivity contribution is 5.66. The van der Waals surface area contributed by atoms with Crippen LogP contribution in [0.2, 0.25) is 0 Å². The largest absolute Gasteiger partial charge is 0.481 e. The van der Waals surface area contributed by atoms with Crippen molar-refractivity contribution in [1.29, 1.82) is 0 Å². The van der Waals surface area contributed by atoms with Crippen molar-refractivity contribution in [2.24, 2.45) is 0 Å². The third kappa shape index (κ3) is 15.5. The number of hydrogen-bond donors (Lipinski definition) is 1. The molecular weight excluding hydrogens is 223 g/mol. The van der Waals surface area contributed by atoms with Crippen LogP contribution in [-0.4, -0.2) is 11.1 Å². The molecule has 0 saturated carbocycles. The van der Waals surface area contributed by atoms with Crippen LogP contribution < -0.4 is 0 Å². The molecule has 1 N–H and O–H groups in total. The lowest BCUT2D eigenvalue weighted by molar-refractivity contribution is -0.137. The van der Waals surface area contributed by atoms with Gasteiger partial charge in [0.2, 0.25) is 0 Å². The van der Waals surface area contributed by atoms with Gasteiger partial charge in [-0.1, -0.05) is 84.0 Å². The second kappa shape index (κ2) is 14.5. The molecule has 0 atom stereocenters. The Bertz CT molecular complexity index is 178. The molecule has 108 valence electrons. The standard InChI is InChI=1S/C16H32O2/c1-2-3-4-5-6-7-8-9-10-11-12-13-14-15-16(17)18/h2-15H2,1H3,(H,17,18)/i16-1. The summed E-state index contributed by atoms with van der Waals surface area (Å²) < 4.78 is 0. The average Bonchev–Trinajstić information content (AvgIpc) is 2.34. The SMILES string of the molecule is CCCCCCCCCCCCCCC[11C](=O)O. The third-order valence-electron chi connectivity index (χ3n) is 3.49. The van der Waals surface area contributed by atoms with Crippen molar-refractivity contribution in [2.45, 2.75) is 96.8 Å². The molecule has 0 aromatic rings.